The average Bonchev–Trinajstić information content (AvgIpc) is 2.82. The van der Waals surface area contributed by atoms with Crippen LogP contribution in [0.15, 0.2) is 71.2 Å². The molecule has 0 fully saturated rings. The minimum atomic E-state index is -0.892. The number of nitrogens with zero attached hydrogens (tertiary/aromatic N) is 2. The molecule has 3 rings (SSSR count). The van der Waals surface area contributed by atoms with Crippen molar-refractivity contribution in [1.82, 2.24) is 0 Å². The number of Topliss-reactive ketones (excluding diaryl/α,β-unsaturated/α-hetero) is 1. The third kappa shape index (κ3) is 5.86. The van der Waals surface area contributed by atoms with Crippen molar-refractivity contribution in [2.24, 2.45) is 0 Å². The van der Waals surface area contributed by atoms with Gasteiger partial charge in [0.1, 0.15) is 5.56 Å². The first-order valence-corrected chi connectivity index (χ1v) is 10.2. The van der Waals surface area contributed by atoms with E-state index < -0.39 is 39.7 Å². The summed E-state index contributed by atoms with van der Waals surface area (Å²) in [6, 6.07) is 14.6. The second kappa shape index (κ2) is 10.4. The molecule has 1 N–H and O–H groups in total. The highest BCUT2D eigenvalue weighted by molar-refractivity contribution is 9.10. The van der Waals surface area contributed by atoms with Crippen molar-refractivity contribution in [3.8, 4) is 0 Å². The van der Waals surface area contributed by atoms with Gasteiger partial charge >= 0.3 is 5.97 Å². The molecule has 1 amide bonds. The number of nitro benzene ring substituents is 2. The molecule has 3 aromatic rings. The van der Waals surface area contributed by atoms with Crippen LogP contribution in [0, 0.1) is 20.2 Å². The van der Waals surface area contributed by atoms with E-state index in [4.69, 9.17) is 4.74 Å². The summed E-state index contributed by atoms with van der Waals surface area (Å²) in [6.07, 6.45) is 0. The van der Waals surface area contributed by atoms with Gasteiger partial charge in [0, 0.05) is 21.8 Å². The quantitative estimate of drug-likeness (QED) is 0.193. The van der Waals surface area contributed by atoms with E-state index in [1.807, 2.05) is 0 Å². The van der Waals surface area contributed by atoms with Crippen LogP contribution in [-0.4, -0.2) is 34.1 Å². The van der Waals surface area contributed by atoms with Crippen LogP contribution < -0.4 is 5.32 Å². The highest BCUT2D eigenvalue weighted by Gasteiger charge is 2.24. The summed E-state index contributed by atoms with van der Waals surface area (Å²) < 4.78 is 5.82. The number of ether oxygens (including phenoxy) is 1. The maximum absolute atomic E-state index is 12.5. The zero-order valence-corrected chi connectivity index (χ0v) is 18.7. The SMILES string of the molecule is O=C(COC(=O)c1ccc(NC(=O)c2ccc([N+](=O)[O-])cc2[N+](=O)[O-])cc1)c1ccc(Br)cc1. The Kier molecular flexibility index (Phi) is 7.43. The van der Waals surface area contributed by atoms with Gasteiger partial charge in [-0.05, 0) is 42.5 Å². The minimum Gasteiger partial charge on any atom is -0.454 e. The smallest absolute Gasteiger partial charge is 0.338 e. The van der Waals surface area contributed by atoms with E-state index in [9.17, 15) is 34.6 Å². The van der Waals surface area contributed by atoms with E-state index in [0.717, 1.165) is 16.6 Å². The molecule has 34 heavy (non-hydrogen) atoms. The first-order chi connectivity index (χ1) is 16.2. The van der Waals surface area contributed by atoms with E-state index in [2.05, 4.69) is 21.2 Å². The van der Waals surface area contributed by atoms with Crippen molar-refractivity contribution in [2.75, 3.05) is 11.9 Å². The first kappa shape index (κ1) is 24.2. The summed E-state index contributed by atoms with van der Waals surface area (Å²) in [5, 5.41) is 24.5. The maximum atomic E-state index is 12.5. The van der Waals surface area contributed by atoms with Gasteiger partial charge in [-0.1, -0.05) is 28.1 Å². The molecular formula is C22H14BrN3O8. The Morgan fingerprint density at radius 3 is 2.06 bits per heavy atom. The second-order valence-corrected chi connectivity index (χ2v) is 7.67. The number of carbonyl (C=O) groups is 3. The summed E-state index contributed by atoms with van der Waals surface area (Å²) >= 11 is 3.26. The molecule has 3 aromatic carbocycles. The molecule has 12 heteroatoms. The van der Waals surface area contributed by atoms with E-state index >= 15 is 0 Å². The molecule has 0 unspecified atom stereocenters. The van der Waals surface area contributed by atoms with Crippen molar-refractivity contribution in [3.05, 3.63) is 108 Å². The molecule has 172 valence electrons. The van der Waals surface area contributed by atoms with Crippen LogP contribution >= 0.6 is 15.9 Å². The van der Waals surface area contributed by atoms with E-state index in [0.29, 0.717) is 11.6 Å². The highest BCUT2D eigenvalue weighted by atomic mass is 79.9. The number of rotatable bonds is 8. The zero-order valence-electron chi connectivity index (χ0n) is 17.1. The number of nitro groups is 2. The lowest BCUT2D eigenvalue weighted by atomic mass is 10.1. The highest BCUT2D eigenvalue weighted by Crippen LogP contribution is 2.25. The fraction of sp³-hybridized carbons (Fsp3) is 0.0455. The predicted octanol–water partition coefficient (Wildman–Crippen LogP) is 4.56. The summed E-state index contributed by atoms with van der Waals surface area (Å²) in [5.74, 6) is -2.00. The number of hydrogen-bond acceptors (Lipinski definition) is 8. The van der Waals surface area contributed by atoms with Crippen LogP contribution in [0.5, 0.6) is 0 Å². The van der Waals surface area contributed by atoms with Gasteiger partial charge in [0.15, 0.2) is 12.4 Å². The number of amides is 1. The molecule has 0 saturated heterocycles. The first-order valence-electron chi connectivity index (χ1n) is 9.46. The largest absolute Gasteiger partial charge is 0.454 e. The van der Waals surface area contributed by atoms with Crippen LogP contribution in [0.25, 0.3) is 0 Å². The Labute approximate surface area is 199 Å². The van der Waals surface area contributed by atoms with E-state index in [-0.39, 0.29) is 22.6 Å². The molecular weight excluding hydrogens is 514 g/mol. The fourth-order valence-electron chi connectivity index (χ4n) is 2.80. The summed E-state index contributed by atoms with van der Waals surface area (Å²) in [6.45, 7) is -0.456. The van der Waals surface area contributed by atoms with Crippen LogP contribution in [0.3, 0.4) is 0 Å². The molecule has 0 spiro atoms. The molecule has 0 bridgehead atoms. The van der Waals surface area contributed by atoms with Crippen LogP contribution in [0.2, 0.25) is 0 Å². The van der Waals surface area contributed by atoms with Crippen molar-refractivity contribution in [3.63, 3.8) is 0 Å². The Balaban J connectivity index is 1.64. The van der Waals surface area contributed by atoms with Gasteiger partial charge in [0.05, 0.1) is 21.5 Å². The lowest BCUT2D eigenvalue weighted by molar-refractivity contribution is -0.394. The zero-order chi connectivity index (χ0) is 24.8. The normalized spacial score (nSPS) is 10.3. The third-order valence-corrected chi connectivity index (χ3v) is 5.04. The van der Waals surface area contributed by atoms with Gasteiger partial charge in [-0.2, -0.15) is 0 Å². The molecule has 0 aliphatic carbocycles. The van der Waals surface area contributed by atoms with Gasteiger partial charge < -0.3 is 10.1 Å². The Bertz CT molecular complexity index is 1290. The molecule has 11 nitrogen and oxygen atoms in total. The number of carbonyl (C=O) groups excluding carboxylic acids is 3. The number of hydrogen-bond donors (Lipinski definition) is 1. The van der Waals surface area contributed by atoms with E-state index in [1.54, 1.807) is 24.3 Å². The van der Waals surface area contributed by atoms with Gasteiger partial charge in [0.25, 0.3) is 17.3 Å². The number of benzene rings is 3. The van der Waals surface area contributed by atoms with Crippen molar-refractivity contribution in [1.29, 1.82) is 0 Å². The number of esters is 1. The number of ketones is 1. The topological polar surface area (TPSA) is 159 Å². The van der Waals surface area contributed by atoms with Crippen molar-refractivity contribution in [2.45, 2.75) is 0 Å². The number of non-ortho nitro benzene ring substituents is 1. The standard InChI is InChI=1S/C22H14BrN3O8/c23-15-5-1-13(2-6-15)20(27)12-34-22(29)14-3-7-16(8-4-14)24-21(28)18-10-9-17(25(30)31)11-19(18)26(32)33/h1-11H,12H2,(H,24,28). The van der Waals surface area contributed by atoms with Crippen molar-refractivity contribution >= 4 is 50.7 Å². The van der Waals surface area contributed by atoms with Crippen LogP contribution in [-0.2, 0) is 4.74 Å². The molecule has 0 atom stereocenters. The minimum absolute atomic E-state index is 0.114. The predicted molar refractivity (Wildman–Crippen MR) is 123 cm³/mol. The molecule has 0 radical (unpaired) electrons. The second-order valence-electron chi connectivity index (χ2n) is 6.75. The molecule has 0 aliphatic rings. The van der Waals surface area contributed by atoms with Gasteiger partial charge in [-0.3, -0.25) is 29.8 Å². The number of nitrogens with one attached hydrogen (secondary N) is 1. The van der Waals surface area contributed by atoms with Crippen LogP contribution in [0.4, 0.5) is 17.1 Å². The van der Waals surface area contributed by atoms with Gasteiger partial charge in [-0.15, -0.1) is 0 Å². The average molecular weight is 528 g/mol. The monoisotopic (exact) mass is 527 g/mol. The number of anilines is 1. The lowest BCUT2D eigenvalue weighted by Crippen LogP contribution is -2.15. The molecule has 0 aliphatic heterocycles. The Hall–Kier alpha value is -4.45. The van der Waals surface area contributed by atoms with Crippen molar-refractivity contribution < 1.29 is 29.0 Å². The third-order valence-electron chi connectivity index (χ3n) is 4.51. The van der Waals surface area contributed by atoms with E-state index in [1.165, 1.54) is 24.3 Å². The van der Waals surface area contributed by atoms with Gasteiger partial charge in [-0.25, -0.2) is 4.79 Å². The Morgan fingerprint density at radius 2 is 1.47 bits per heavy atom. The van der Waals surface area contributed by atoms with Gasteiger partial charge in [0.2, 0.25) is 0 Å². The van der Waals surface area contributed by atoms with Crippen LogP contribution in [0.1, 0.15) is 31.1 Å². The fourth-order valence-corrected chi connectivity index (χ4v) is 3.06. The molecule has 0 heterocycles. The number of halogens is 1. The Morgan fingerprint density at radius 1 is 0.853 bits per heavy atom. The lowest BCUT2D eigenvalue weighted by Gasteiger charge is -2.08. The summed E-state index contributed by atoms with van der Waals surface area (Å²) in [7, 11) is 0. The summed E-state index contributed by atoms with van der Waals surface area (Å²) in [4.78, 5) is 57.1. The molecule has 0 aromatic heterocycles. The summed E-state index contributed by atoms with van der Waals surface area (Å²) in [5.41, 5.74) is -0.907. The maximum Gasteiger partial charge on any atom is 0.338 e. The molecule has 0 saturated carbocycles.